The molecule has 3 aliphatic heterocycles. The predicted octanol–water partition coefficient (Wildman–Crippen LogP) is -1.39. The highest BCUT2D eigenvalue weighted by atomic mass is 32.2. The summed E-state index contributed by atoms with van der Waals surface area (Å²) in [5.74, 6) is -2.86. The Hall–Kier alpha value is -2.15. The van der Waals surface area contributed by atoms with Crippen LogP contribution in [0.25, 0.3) is 0 Å². The first-order chi connectivity index (χ1) is 14.7. The van der Waals surface area contributed by atoms with Gasteiger partial charge in [0, 0.05) is 41.1 Å². The third-order valence-corrected chi connectivity index (χ3v) is 8.19. The molecule has 3 N–H and O–H groups in total. The van der Waals surface area contributed by atoms with Gasteiger partial charge in [0.2, 0.25) is 5.91 Å². The van der Waals surface area contributed by atoms with Gasteiger partial charge in [0.15, 0.2) is 5.13 Å². The normalized spacial score (nSPS) is 26.5. The van der Waals surface area contributed by atoms with Crippen molar-refractivity contribution in [3.8, 4) is 0 Å². The molecule has 2 amide bonds. The number of nitrogens with one attached hydrogen (secondary N) is 1. The van der Waals surface area contributed by atoms with E-state index >= 15 is 0 Å². The SMILES string of the molecule is C[C@@H](O)[C@H]1C(=O)N2C(C(=O)[O-])=C(SC3CN(c4nc(C(=O)NCCO)cs4)C3)[C@H](C)[C@H]12. The molecule has 2 fully saturated rings. The molecule has 4 heterocycles. The minimum atomic E-state index is -1.37. The maximum absolute atomic E-state index is 12.4. The van der Waals surface area contributed by atoms with Gasteiger partial charge in [-0.25, -0.2) is 4.98 Å². The quantitative estimate of drug-likeness (QED) is 0.393. The van der Waals surface area contributed by atoms with Gasteiger partial charge >= 0.3 is 0 Å². The van der Waals surface area contributed by atoms with E-state index in [1.807, 2.05) is 11.8 Å². The summed E-state index contributed by atoms with van der Waals surface area (Å²) in [6.45, 7) is 4.71. The summed E-state index contributed by atoms with van der Waals surface area (Å²) in [5, 5.41) is 35.5. The number of nitrogens with zero attached hydrogens (tertiary/aromatic N) is 3. The molecule has 168 valence electrons. The largest absolute Gasteiger partial charge is 0.543 e. The molecular formula is C19H23N4O6S2-. The van der Waals surface area contributed by atoms with Crippen LogP contribution in [-0.2, 0) is 9.59 Å². The number of carboxylic acid groups (broad SMARTS) is 1. The van der Waals surface area contributed by atoms with Crippen LogP contribution in [0.3, 0.4) is 0 Å². The molecule has 4 atom stereocenters. The third kappa shape index (κ3) is 3.71. The van der Waals surface area contributed by atoms with Gasteiger partial charge in [-0.1, -0.05) is 6.92 Å². The number of aliphatic carboxylic acids is 1. The highest BCUT2D eigenvalue weighted by Crippen LogP contribution is 2.51. The summed E-state index contributed by atoms with van der Waals surface area (Å²) in [6, 6.07) is -0.349. The zero-order valence-corrected chi connectivity index (χ0v) is 18.6. The van der Waals surface area contributed by atoms with E-state index in [9.17, 15) is 24.6 Å². The van der Waals surface area contributed by atoms with Crippen molar-refractivity contribution >= 4 is 46.0 Å². The average Bonchev–Trinajstić information content (AvgIpc) is 3.24. The van der Waals surface area contributed by atoms with Crippen LogP contribution in [0, 0.1) is 11.8 Å². The molecule has 31 heavy (non-hydrogen) atoms. The number of aliphatic hydroxyl groups is 2. The Morgan fingerprint density at radius 2 is 2.16 bits per heavy atom. The minimum absolute atomic E-state index is 0.0695. The number of aliphatic hydroxyl groups excluding tert-OH is 2. The number of thioether (sulfide) groups is 1. The number of amides is 2. The second kappa shape index (κ2) is 8.41. The first-order valence-corrected chi connectivity index (χ1v) is 11.7. The van der Waals surface area contributed by atoms with Crippen molar-refractivity contribution in [1.29, 1.82) is 0 Å². The number of carboxylic acids is 1. The second-order valence-corrected chi connectivity index (χ2v) is 10.1. The van der Waals surface area contributed by atoms with Crippen molar-refractivity contribution in [2.75, 3.05) is 31.1 Å². The lowest BCUT2D eigenvalue weighted by atomic mass is 9.79. The number of aromatic nitrogens is 1. The monoisotopic (exact) mass is 467 g/mol. The Labute approximate surface area is 186 Å². The Morgan fingerprint density at radius 1 is 1.45 bits per heavy atom. The van der Waals surface area contributed by atoms with Crippen molar-refractivity contribution in [3.63, 3.8) is 0 Å². The highest BCUT2D eigenvalue weighted by Gasteiger charge is 2.59. The van der Waals surface area contributed by atoms with Crippen molar-refractivity contribution in [2.45, 2.75) is 31.2 Å². The van der Waals surface area contributed by atoms with E-state index < -0.39 is 18.0 Å². The average molecular weight is 468 g/mol. The fraction of sp³-hybridized carbons (Fsp3) is 0.579. The van der Waals surface area contributed by atoms with E-state index in [-0.39, 0.29) is 47.9 Å². The molecular weight excluding hydrogens is 444 g/mol. The number of carbonyl (C=O) groups is 3. The van der Waals surface area contributed by atoms with E-state index in [0.717, 1.165) is 0 Å². The molecule has 0 spiro atoms. The molecule has 0 radical (unpaired) electrons. The third-order valence-electron chi connectivity index (χ3n) is 5.84. The Bertz CT molecular complexity index is 942. The van der Waals surface area contributed by atoms with Crippen LogP contribution in [0.2, 0.25) is 0 Å². The Kier molecular flexibility index (Phi) is 5.99. The standard InChI is InChI=1S/C19H24N4O6S2/c1-8-13-12(9(2)25)17(27)23(13)14(18(28)29)15(8)31-10-5-22(6-10)19-21-11(7-30-19)16(26)20-3-4-24/h7-10,12-13,24-25H,3-6H2,1-2H3,(H,20,26)(H,28,29)/p-1/t8-,9-,12-,13-/m1/s1. The van der Waals surface area contributed by atoms with Crippen LogP contribution in [0.5, 0.6) is 0 Å². The molecule has 4 rings (SSSR count). The fourth-order valence-corrected chi connectivity index (χ4v) is 6.63. The van der Waals surface area contributed by atoms with Crippen LogP contribution in [-0.4, -0.2) is 81.5 Å². The van der Waals surface area contributed by atoms with Crippen LogP contribution in [0.1, 0.15) is 24.3 Å². The van der Waals surface area contributed by atoms with Gasteiger partial charge < -0.3 is 35.2 Å². The summed E-state index contributed by atoms with van der Waals surface area (Å²) in [7, 11) is 0. The topological polar surface area (TPSA) is 146 Å². The van der Waals surface area contributed by atoms with E-state index in [1.54, 1.807) is 12.3 Å². The number of hydrogen-bond acceptors (Lipinski definition) is 10. The smallest absolute Gasteiger partial charge is 0.270 e. The van der Waals surface area contributed by atoms with Crippen LogP contribution >= 0.6 is 23.1 Å². The maximum Gasteiger partial charge on any atom is 0.270 e. The van der Waals surface area contributed by atoms with Gasteiger partial charge in [-0.05, 0) is 6.92 Å². The molecule has 12 heteroatoms. The number of fused-ring (bicyclic) bond motifs is 1. The van der Waals surface area contributed by atoms with Gasteiger partial charge in [-0.2, -0.15) is 0 Å². The fourth-order valence-electron chi connectivity index (χ4n) is 4.29. The Morgan fingerprint density at radius 3 is 2.77 bits per heavy atom. The molecule has 0 aromatic carbocycles. The molecule has 3 aliphatic rings. The van der Waals surface area contributed by atoms with Gasteiger partial charge in [0.1, 0.15) is 5.69 Å². The summed E-state index contributed by atoms with van der Waals surface area (Å²) in [5.41, 5.74) is 0.225. The first-order valence-electron chi connectivity index (χ1n) is 9.97. The van der Waals surface area contributed by atoms with E-state index in [4.69, 9.17) is 5.11 Å². The number of hydrogen-bond donors (Lipinski definition) is 3. The predicted molar refractivity (Wildman–Crippen MR) is 112 cm³/mol. The number of rotatable bonds is 8. The summed E-state index contributed by atoms with van der Waals surface area (Å²) in [4.78, 5) is 44.3. The molecule has 0 bridgehead atoms. The Balaban J connectivity index is 1.40. The molecule has 0 saturated carbocycles. The highest BCUT2D eigenvalue weighted by molar-refractivity contribution is 8.03. The number of thiazole rings is 1. The molecule has 10 nitrogen and oxygen atoms in total. The molecule has 0 aliphatic carbocycles. The second-order valence-electron chi connectivity index (χ2n) is 7.89. The van der Waals surface area contributed by atoms with Crippen LogP contribution in [0.4, 0.5) is 5.13 Å². The zero-order chi connectivity index (χ0) is 22.4. The van der Waals surface area contributed by atoms with Gasteiger partial charge in [-0.15, -0.1) is 23.1 Å². The molecule has 2 saturated heterocycles. The zero-order valence-electron chi connectivity index (χ0n) is 17.0. The number of β-lactam (4-membered cyclic amide) rings is 1. The molecule has 1 aromatic rings. The summed E-state index contributed by atoms with van der Waals surface area (Å²) < 4.78 is 0. The maximum atomic E-state index is 12.4. The lowest BCUT2D eigenvalue weighted by Gasteiger charge is -2.47. The lowest BCUT2D eigenvalue weighted by molar-refractivity contribution is -0.301. The lowest BCUT2D eigenvalue weighted by Crippen LogP contribution is -2.64. The van der Waals surface area contributed by atoms with Gasteiger partial charge in [0.05, 0.1) is 36.3 Å². The van der Waals surface area contributed by atoms with Crippen molar-refractivity contribution in [2.24, 2.45) is 11.8 Å². The van der Waals surface area contributed by atoms with Gasteiger partial charge in [0.25, 0.3) is 5.91 Å². The first kappa shape index (κ1) is 22.1. The molecule has 0 unspecified atom stereocenters. The minimum Gasteiger partial charge on any atom is -0.543 e. The van der Waals surface area contributed by atoms with Gasteiger partial charge in [-0.3, -0.25) is 9.59 Å². The summed E-state index contributed by atoms with van der Waals surface area (Å²) >= 11 is 2.78. The van der Waals surface area contributed by atoms with E-state index in [2.05, 4.69) is 10.3 Å². The number of carbonyl (C=O) groups excluding carboxylic acids is 3. The van der Waals surface area contributed by atoms with E-state index in [1.165, 1.54) is 28.0 Å². The van der Waals surface area contributed by atoms with E-state index in [0.29, 0.717) is 28.8 Å². The molecule has 1 aromatic heterocycles. The number of anilines is 1. The van der Waals surface area contributed by atoms with Crippen molar-refractivity contribution < 1.29 is 29.7 Å². The van der Waals surface area contributed by atoms with Crippen molar-refractivity contribution in [3.05, 3.63) is 21.7 Å². The summed E-state index contributed by atoms with van der Waals surface area (Å²) in [6.07, 6.45) is -0.837. The van der Waals surface area contributed by atoms with Crippen LogP contribution < -0.4 is 15.3 Å². The van der Waals surface area contributed by atoms with Crippen LogP contribution in [0.15, 0.2) is 16.0 Å². The van der Waals surface area contributed by atoms with Crippen molar-refractivity contribution in [1.82, 2.24) is 15.2 Å².